The fourth-order valence-corrected chi connectivity index (χ4v) is 4.41. The SMILES string of the molecule is Cc1ccc(C(C)C)c(OCc2nnc(SCC(=O)Nc3nc4ccccc4s3)o2)c1. The number of para-hydroxylation sites is 1. The van der Waals surface area contributed by atoms with Crippen molar-refractivity contribution in [2.45, 2.75) is 38.5 Å². The van der Waals surface area contributed by atoms with Crippen LogP contribution in [0.15, 0.2) is 52.1 Å². The van der Waals surface area contributed by atoms with Gasteiger partial charge in [-0.1, -0.05) is 61.2 Å². The maximum Gasteiger partial charge on any atom is 0.277 e. The van der Waals surface area contributed by atoms with Crippen molar-refractivity contribution in [3.63, 3.8) is 0 Å². The van der Waals surface area contributed by atoms with Gasteiger partial charge in [0.15, 0.2) is 11.7 Å². The summed E-state index contributed by atoms with van der Waals surface area (Å²) in [4.78, 5) is 16.6. The van der Waals surface area contributed by atoms with Gasteiger partial charge in [-0.05, 0) is 42.2 Å². The molecule has 0 radical (unpaired) electrons. The van der Waals surface area contributed by atoms with E-state index in [1.165, 1.54) is 23.1 Å². The highest BCUT2D eigenvalue weighted by Crippen LogP contribution is 2.29. The number of benzene rings is 2. The van der Waals surface area contributed by atoms with Gasteiger partial charge < -0.3 is 14.5 Å². The first-order valence-electron chi connectivity index (χ1n) is 9.82. The van der Waals surface area contributed by atoms with Gasteiger partial charge in [-0.15, -0.1) is 10.2 Å². The summed E-state index contributed by atoms with van der Waals surface area (Å²) in [5.41, 5.74) is 3.12. The molecule has 2 heterocycles. The minimum absolute atomic E-state index is 0.147. The summed E-state index contributed by atoms with van der Waals surface area (Å²) >= 11 is 2.62. The maximum atomic E-state index is 12.2. The zero-order valence-electron chi connectivity index (χ0n) is 17.4. The molecule has 0 aliphatic heterocycles. The first kappa shape index (κ1) is 21.3. The maximum absolute atomic E-state index is 12.2. The van der Waals surface area contributed by atoms with E-state index in [0.717, 1.165) is 27.1 Å². The lowest BCUT2D eigenvalue weighted by Crippen LogP contribution is -2.13. The van der Waals surface area contributed by atoms with Crippen LogP contribution in [-0.4, -0.2) is 26.8 Å². The zero-order valence-corrected chi connectivity index (χ0v) is 19.0. The third-order valence-electron chi connectivity index (χ3n) is 4.46. The fraction of sp³-hybridized carbons (Fsp3) is 0.273. The van der Waals surface area contributed by atoms with Gasteiger partial charge in [0.05, 0.1) is 16.0 Å². The molecule has 1 amide bonds. The quantitative estimate of drug-likeness (QED) is 0.355. The molecule has 1 N–H and O–H groups in total. The number of rotatable bonds is 8. The molecule has 4 aromatic rings. The van der Waals surface area contributed by atoms with Gasteiger partial charge >= 0.3 is 0 Å². The van der Waals surface area contributed by atoms with Crippen molar-refractivity contribution in [2.75, 3.05) is 11.1 Å². The van der Waals surface area contributed by atoms with Gasteiger partial charge in [-0.2, -0.15) is 0 Å². The lowest BCUT2D eigenvalue weighted by molar-refractivity contribution is -0.113. The van der Waals surface area contributed by atoms with Crippen LogP contribution in [0.25, 0.3) is 10.2 Å². The minimum atomic E-state index is -0.179. The molecule has 0 spiro atoms. The van der Waals surface area contributed by atoms with Crippen LogP contribution in [0.1, 0.15) is 36.8 Å². The Kier molecular flexibility index (Phi) is 6.53. The number of nitrogens with zero attached hydrogens (tertiary/aromatic N) is 3. The van der Waals surface area contributed by atoms with Crippen molar-refractivity contribution < 1.29 is 13.9 Å². The van der Waals surface area contributed by atoms with Gasteiger partial charge in [-0.25, -0.2) is 4.98 Å². The van der Waals surface area contributed by atoms with E-state index < -0.39 is 0 Å². The number of aryl methyl sites for hydroxylation is 1. The van der Waals surface area contributed by atoms with E-state index >= 15 is 0 Å². The fourth-order valence-electron chi connectivity index (χ4n) is 2.95. The van der Waals surface area contributed by atoms with E-state index in [-0.39, 0.29) is 18.3 Å². The molecule has 0 saturated heterocycles. The van der Waals surface area contributed by atoms with Crippen LogP contribution in [0.3, 0.4) is 0 Å². The molecule has 2 aromatic heterocycles. The predicted octanol–water partition coefficient (Wildman–Crippen LogP) is 5.42. The van der Waals surface area contributed by atoms with Crippen molar-refractivity contribution in [3.8, 4) is 5.75 Å². The van der Waals surface area contributed by atoms with Crippen molar-refractivity contribution in [1.82, 2.24) is 15.2 Å². The number of hydrogen-bond acceptors (Lipinski definition) is 8. The van der Waals surface area contributed by atoms with Gasteiger partial charge in [0.2, 0.25) is 5.91 Å². The van der Waals surface area contributed by atoms with E-state index in [9.17, 15) is 4.79 Å². The second-order valence-electron chi connectivity index (χ2n) is 7.27. The normalized spacial score (nSPS) is 11.2. The summed E-state index contributed by atoms with van der Waals surface area (Å²) in [5, 5.41) is 11.7. The summed E-state index contributed by atoms with van der Waals surface area (Å²) < 4.78 is 12.6. The third-order valence-corrected chi connectivity index (χ3v) is 6.23. The highest BCUT2D eigenvalue weighted by atomic mass is 32.2. The highest BCUT2D eigenvalue weighted by Gasteiger charge is 2.14. The number of amides is 1. The van der Waals surface area contributed by atoms with E-state index in [1.807, 2.05) is 37.3 Å². The number of carbonyl (C=O) groups excluding carboxylic acids is 1. The van der Waals surface area contributed by atoms with Crippen molar-refractivity contribution in [3.05, 3.63) is 59.5 Å². The molecule has 2 aromatic carbocycles. The van der Waals surface area contributed by atoms with Crippen LogP contribution in [0.5, 0.6) is 5.75 Å². The first-order valence-corrected chi connectivity index (χ1v) is 11.6. The molecule has 0 unspecified atom stereocenters. The number of thiazole rings is 1. The summed E-state index contributed by atoms with van der Waals surface area (Å²) in [7, 11) is 0. The monoisotopic (exact) mass is 454 g/mol. The standard InChI is InChI=1S/C22H22N4O3S2/c1-13(2)15-9-8-14(3)10-17(15)28-11-20-25-26-22(29-20)30-12-19(27)24-21-23-16-6-4-5-7-18(16)31-21/h4-10,13H,11-12H2,1-3H3,(H,23,24,27). The Morgan fingerprint density at radius 3 is 2.87 bits per heavy atom. The van der Waals surface area contributed by atoms with Crippen LogP contribution in [0.4, 0.5) is 5.13 Å². The molecule has 0 fully saturated rings. The highest BCUT2D eigenvalue weighted by molar-refractivity contribution is 7.99. The molecule has 0 aliphatic rings. The summed E-state index contributed by atoms with van der Waals surface area (Å²) in [6.07, 6.45) is 0. The number of thioether (sulfide) groups is 1. The Hall–Kier alpha value is -2.91. The van der Waals surface area contributed by atoms with Gasteiger partial charge in [-0.3, -0.25) is 4.79 Å². The smallest absolute Gasteiger partial charge is 0.277 e. The molecule has 31 heavy (non-hydrogen) atoms. The van der Waals surface area contributed by atoms with Crippen LogP contribution in [-0.2, 0) is 11.4 Å². The van der Waals surface area contributed by atoms with Crippen LogP contribution < -0.4 is 10.1 Å². The average Bonchev–Trinajstić information content (AvgIpc) is 3.36. The van der Waals surface area contributed by atoms with Crippen LogP contribution >= 0.6 is 23.1 Å². The van der Waals surface area contributed by atoms with Gasteiger partial charge in [0, 0.05) is 0 Å². The van der Waals surface area contributed by atoms with E-state index in [2.05, 4.69) is 46.5 Å². The predicted molar refractivity (Wildman–Crippen MR) is 123 cm³/mol. The molecule has 0 bridgehead atoms. The molecule has 0 aliphatic carbocycles. The second kappa shape index (κ2) is 9.49. The average molecular weight is 455 g/mol. The number of hydrogen-bond donors (Lipinski definition) is 1. The molecule has 4 rings (SSSR count). The Balaban J connectivity index is 1.30. The number of anilines is 1. The minimum Gasteiger partial charge on any atom is -0.484 e. The number of fused-ring (bicyclic) bond motifs is 1. The molecular weight excluding hydrogens is 432 g/mol. The van der Waals surface area contributed by atoms with Crippen LogP contribution in [0.2, 0.25) is 0 Å². The van der Waals surface area contributed by atoms with E-state index in [4.69, 9.17) is 9.15 Å². The molecule has 0 atom stereocenters. The van der Waals surface area contributed by atoms with Gasteiger partial charge in [0.25, 0.3) is 11.1 Å². The largest absolute Gasteiger partial charge is 0.484 e. The van der Waals surface area contributed by atoms with Crippen molar-refractivity contribution >= 4 is 44.4 Å². The Morgan fingerprint density at radius 1 is 1.23 bits per heavy atom. The van der Waals surface area contributed by atoms with Crippen molar-refractivity contribution in [1.29, 1.82) is 0 Å². The van der Waals surface area contributed by atoms with E-state index in [0.29, 0.717) is 22.2 Å². The number of ether oxygens (including phenoxy) is 1. The van der Waals surface area contributed by atoms with E-state index in [1.54, 1.807) is 0 Å². The zero-order chi connectivity index (χ0) is 21.8. The van der Waals surface area contributed by atoms with Crippen LogP contribution in [0, 0.1) is 6.92 Å². The lowest BCUT2D eigenvalue weighted by Gasteiger charge is -2.13. The molecule has 0 saturated carbocycles. The summed E-state index contributed by atoms with van der Waals surface area (Å²) in [5.74, 6) is 1.50. The first-order chi connectivity index (χ1) is 15.0. The number of aromatic nitrogens is 3. The lowest BCUT2D eigenvalue weighted by atomic mass is 10.0. The molecular formula is C22H22N4O3S2. The molecule has 9 heteroatoms. The van der Waals surface area contributed by atoms with Crippen molar-refractivity contribution in [2.24, 2.45) is 0 Å². The Labute approximate surface area is 188 Å². The Bertz CT molecular complexity index is 1170. The number of nitrogens with one attached hydrogen (secondary N) is 1. The second-order valence-corrected chi connectivity index (χ2v) is 9.23. The third kappa shape index (κ3) is 5.42. The summed E-state index contributed by atoms with van der Waals surface area (Å²) in [6.45, 7) is 6.45. The number of carbonyl (C=O) groups is 1. The molecule has 7 nitrogen and oxygen atoms in total. The molecule has 160 valence electrons. The summed E-state index contributed by atoms with van der Waals surface area (Å²) in [6, 6.07) is 13.9. The topological polar surface area (TPSA) is 90.1 Å². The Morgan fingerprint density at radius 2 is 2.06 bits per heavy atom. The van der Waals surface area contributed by atoms with Gasteiger partial charge in [0.1, 0.15) is 5.75 Å².